The zero-order chi connectivity index (χ0) is 38.6. The van der Waals surface area contributed by atoms with Gasteiger partial charge in [0.15, 0.2) is 0 Å². The van der Waals surface area contributed by atoms with Gasteiger partial charge in [0.2, 0.25) is 0 Å². The van der Waals surface area contributed by atoms with Gasteiger partial charge in [-0.3, -0.25) is 0 Å². The molecule has 0 radical (unpaired) electrons. The SMILES string of the molecule is CC(C)(C)OC(=O)N[C@@H](CCC(=O)N[C@@H](C[Se]c1c(-c2ccccc2)oc2ccccc12)C(=O)NCC(=O)OCc1ccccc1)C(=O)OC(C)(C)C. The number of carbonyl (C=O) groups is 5. The molecule has 0 aliphatic carbocycles. The van der Waals surface area contributed by atoms with E-state index in [9.17, 15) is 24.0 Å². The van der Waals surface area contributed by atoms with Crippen LogP contribution in [0.5, 0.6) is 0 Å². The molecule has 0 spiro atoms. The first kappa shape index (κ1) is 40.6. The Morgan fingerprint density at radius 1 is 0.755 bits per heavy atom. The van der Waals surface area contributed by atoms with Crippen LogP contribution in [0.25, 0.3) is 22.3 Å². The number of alkyl carbamates (subject to hydrolysis) is 1. The van der Waals surface area contributed by atoms with E-state index < -0.39 is 74.6 Å². The molecule has 1 aromatic heterocycles. The monoisotopic (exact) mass is 793 g/mol. The van der Waals surface area contributed by atoms with Crippen LogP contribution in [0.2, 0.25) is 5.32 Å². The van der Waals surface area contributed by atoms with Gasteiger partial charge in [0.1, 0.15) is 0 Å². The zero-order valence-corrected chi connectivity index (χ0v) is 32.6. The summed E-state index contributed by atoms with van der Waals surface area (Å²) in [6.07, 6.45) is -1.20. The van der Waals surface area contributed by atoms with Crippen LogP contribution in [0.1, 0.15) is 59.9 Å². The number of furan rings is 1. The number of esters is 2. The van der Waals surface area contributed by atoms with E-state index in [0.717, 1.165) is 21.0 Å². The van der Waals surface area contributed by atoms with Crippen LogP contribution in [-0.2, 0) is 40.0 Å². The van der Waals surface area contributed by atoms with Gasteiger partial charge in [-0.2, -0.15) is 0 Å². The second-order valence-electron chi connectivity index (χ2n) is 14.2. The van der Waals surface area contributed by atoms with Crippen molar-refractivity contribution in [1.82, 2.24) is 16.0 Å². The Morgan fingerprint density at radius 2 is 1.38 bits per heavy atom. The number of hydrogen-bond donors (Lipinski definition) is 3. The van der Waals surface area contributed by atoms with E-state index >= 15 is 0 Å². The number of nitrogens with one attached hydrogen (secondary N) is 3. The molecule has 1 heterocycles. The quantitative estimate of drug-likeness (QED) is 0.0834. The predicted molar refractivity (Wildman–Crippen MR) is 201 cm³/mol. The molecular formula is C40H47N3O9Se. The summed E-state index contributed by atoms with van der Waals surface area (Å²) in [6, 6.07) is 24.1. The third-order valence-corrected chi connectivity index (χ3v) is 9.83. The van der Waals surface area contributed by atoms with Gasteiger partial charge in [-0.25, -0.2) is 0 Å². The van der Waals surface area contributed by atoms with Gasteiger partial charge in [-0.15, -0.1) is 0 Å². The second kappa shape index (κ2) is 18.6. The number of amides is 3. The van der Waals surface area contributed by atoms with Gasteiger partial charge in [0.25, 0.3) is 0 Å². The Bertz CT molecular complexity index is 1870. The third-order valence-electron chi connectivity index (χ3n) is 7.32. The second-order valence-corrected chi connectivity index (χ2v) is 16.4. The van der Waals surface area contributed by atoms with Gasteiger partial charge < -0.3 is 0 Å². The molecule has 3 N–H and O–H groups in total. The van der Waals surface area contributed by atoms with Crippen molar-refractivity contribution in [3.8, 4) is 11.3 Å². The molecule has 0 bridgehead atoms. The molecule has 4 aromatic rings. The number of ether oxygens (including phenoxy) is 3. The number of fused-ring (bicyclic) bond motifs is 1. The first-order chi connectivity index (χ1) is 25.1. The standard InChI is InChI=1S/C40H47N3O9Se/c1-39(2,3)51-37(47)29(43-38(48)52-40(4,5)6)21-22-32(44)42-30(36(46)41-23-33(45)49-24-26-15-9-7-10-16-26)25-53-35-28-19-13-14-20-31(28)50-34(35)27-17-11-8-12-18-27/h7-20,29-30H,21-25H2,1-6H3,(H,41,46)(H,42,44)(H,43,48)/t29-,30-/m0/s1. The van der Waals surface area contributed by atoms with Crippen molar-refractivity contribution in [1.29, 1.82) is 0 Å². The minimum absolute atomic E-state index is 0.0464. The topological polar surface area (TPSA) is 162 Å². The Balaban J connectivity index is 1.50. The number of carbonyl (C=O) groups excluding carboxylic acids is 5. The summed E-state index contributed by atoms with van der Waals surface area (Å²) in [4.78, 5) is 65.3. The van der Waals surface area contributed by atoms with Crippen molar-refractivity contribution in [2.24, 2.45) is 0 Å². The first-order valence-electron chi connectivity index (χ1n) is 17.3. The summed E-state index contributed by atoms with van der Waals surface area (Å²) < 4.78 is 23.3. The molecule has 0 saturated carbocycles. The average molecular weight is 793 g/mol. The Morgan fingerprint density at radius 3 is 2.04 bits per heavy atom. The zero-order valence-electron chi connectivity index (χ0n) is 30.9. The summed E-state index contributed by atoms with van der Waals surface area (Å²) in [5.41, 5.74) is 0.693. The molecule has 3 amide bonds. The Hall–Kier alpha value is -5.13. The fourth-order valence-corrected chi connectivity index (χ4v) is 7.46. The normalized spacial score (nSPS) is 12.6. The molecule has 0 fully saturated rings. The Kier molecular flexibility index (Phi) is 14.2. The number of benzene rings is 3. The molecule has 0 aliphatic heterocycles. The molecule has 0 unspecified atom stereocenters. The van der Waals surface area contributed by atoms with E-state index in [1.54, 1.807) is 41.5 Å². The van der Waals surface area contributed by atoms with E-state index in [1.807, 2.05) is 84.9 Å². The van der Waals surface area contributed by atoms with E-state index in [0.29, 0.717) is 11.3 Å². The van der Waals surface area contributed by atoms with Gasteiger partial charge in [-0.1, -0.05) is 0 Å². The van der Waals surface area contributed by atoms with Gasteiger partial charge >= 0.3 is 317 Å². The average Bonchev–Trinajstić information content (AvgIpc) is 3.47. The molecule has 53 heavy (non-hydrogen) atoms. The van der Waals surface area contributed by atoms with E-state index in [2.05, 4.69) is 16.0 Å². The van der Waals surface area contributed by atoms with Crippen LogP contribution in [0, 0.1) is 0 Å². The van der Waals surface area contributed by atoms with Crippen molar-refractivity contribution in [2.75, 3.05) is 6.54 Å². The van der Waals surface area contributed by atoms with Crippen molar-refractivity contribution >= 4 is 60.2 Å². The molecule has 0 saturated heterocycles. The number of hydrogen-bond acceptors (Lipinski definition) is 9. The van der Waals surface area contributed by atoms with Crippen LogP contribution in [0.4, 0.5) is 4.79 Å². The summed E-state index contributed by atoms with van der Waals surface area (Å²) in [7, 11) is 0. The summed E-state index contributed by atoms with van der Waals surface area (Å²) in [6.45, 7) is 9.78. The molecule has 282 valence electrons. The number of para-hydroxylation sites is 1. The van der Waals surface area contributed by atoms with E-state index in [1.165, 1.54) is 0 Å². The summed E-state index contributed by atoms with van der Waals surface area (Å²) in [5, 5.41) is 9.01. The molecular weight excluding hydrogens is 745 g/mol. The van der Waals surface area contributed by atoms with E-state index in [4.69, 9.17) is 18.6 Å². The fraction of sp³-hybridized carbons (Fsp3) is 0.375. The summed E-state index contributed by atoms with van der Waals surface area (Å²) in [5.74, 6) is -1.83. The molecule has 0 aliphatic rings. The predicted octanol–water partition coefficient (Wildman–Crippen LogP) is 5.21. The van der Waals surface area contributed by atoms with Crippen LogP contribution < -0.4 is 20.4 Å². The molecule has 4 rings (SSSR count). The first-order valence-corrected chi connectivity index (χ1v) is 19.3. The van der Waals surface area contributed by atoms with Crippen LogP contribution in [0.3, 0.4) is 0 Å². The minimum atomic E-state index is -1.20. The number of rotatable bonds is 15. The van der Waals surface area contributed by atoms with Crippen molar-refractivity contribution < 1.29 is 42.6 Å². The van der Waals surface area contributed by atoms with Crippen molar-refractivity contribution in [3.05, 3.63) is 90.5 Å². The van der Waals surface area contributed by atoms with Gasteiger partial charge in [-0.05, 0) is 0 Å². The molecule has 12 nitrogen and oxygen atoms in total. The maximum atomic E-state index is 13.6. The molecule has 13 heteroatoms. The molecule has 2 atom stereocenters. The summed E-state index contributed by atoms with van der Waals surface area (Å²) >= 11 is -0.405. The van der Waals surface area contributed by atoms with Gasteiger partial charge in [0.05, 0.1) is 0 Å². The van der Waals surface area contributed by atoms with E-state index in [-0.39, 0.29) is 24.8 Å². The fourth-order valence-electron chi connectivity index (χ4n) is 4.98. The van der Waals surface area contributed by atoms with Crippen LogP contribution in [0.15, 0.2) is 89.3 Å². The maximum absolute atomic E-state index is 13.6. The van der Waals surface area contributed by atoms with Gasteiger partial charge in [0, 0.05) is 0 Å². The van der Waals surface area contributed by atoms with Crippen molar-refractivity contribution in [2.45, 2.75) is 89.6 Å². The van der Waals surface area contributed by atoms with Crippen molar-refractivity contribution in [3.63, 3.8) is 0 Å². The third kappa shape index (κ3) is 13.4. The van der Waals surface area contributed by atoms with Crippen LogP contribution in [-0.4, -0.2) is 74.6 Å². The Labute approximate surface area is 315 Å². The van der Waals surface area contributed by atoms with Crippen LogP contribution >= 0.6 is 0 Å². The molecule has 3 aromatic carbocycles.